The molecule has 0 aliphatic carbocycles. The molecule has 1 amide bonds. The molecule has 1 unspecified atom stereocenters. The summed E-state index contributed by atoms with van der Waals surface area (Å²) < 4.78 is 41.6. The van der Waals surface area contributed by atoms with Gasteiger partial charge in [0, 0.05) is 11.4 Å². The van der Waals surface area contributed by atoms with E-state index in [4.69, 9.17) is 0 Å². The van der Waals surface area contributed by atoms with E-state index in [1.165, 1.54) is 28.5 Å². The summed E-state index contributed by atoms with van der Waals surface area (Å²) in [6, 6.07) is 13.0. The van der Waals surface area contributed by atoms with Crippen LogP contribution in [-0.2, 0) is 11.0 Å². The molecule has 2 atom stereocenters. The number of carbonyl (C=O) groups is 1. The highest BCUT2D eigenvalue weighted by Crippen LogP contribution is 2.49. The van der Waals surface area contributed by atoms with Crippen LogP contribution in [0.4, 0.5) is 13.2 Å². The normalized spacial score (nSPS) is 19.4. The number of aromatic nitrogens is 2. The Morgan fingerprint density at radius 2 is 1.88 bits per heavy atom. The Bertz CT molecular complexity index is 1250. The van der Waals surface area contributed by atoms with Gasteiger partial charge in [-0.3, -0.25) is 9.36 Å². The monoisotopic (exact) mass is 461 g/mol. The topological polar surface area (TPSA) is 67.5 Å². The molecule has 0 radical (unpaired) electrons. The molecule has 5 rings (SSSR count). The van der Waals surface area contributed by atoms with Gasteiger partial charge in [-0.15, -0.1) is 11.8 Å². The number of alkyl halides is 3. The van der Waals surface area contributed by atoms with Crippen molar-refractivity contribution in [1.29, 1.82) is 0 Å². The minimum atomic E-state index is -4.57. The number of halogens is 3. The molecule has 2 bridgehead atoms. The SMILES string of the molecule is O=C(CSc1ccccc1)N1CC2C[C@@H]1c1c(O)n(-c3cccc(C(F)(F)F)c3)c(=O)n12. The van der Waals surface area contributed by atoms with Crippen molar-refractivity contribution < 1.29 is 23.1 Å². The van der Waals surface area contributed by atoms with Crippen molar-refractivity contribution in [2.45, 2.75) is 29.6 Å². The number of benzene rings is 2. The Balaban J connectivity index is 1.44. The standard InChI is InChI=1S/C22H18F3N3O3S/c23-22(24,25)13-5-4-6-14(9-13)28-20(30)19-17-10-15(27(19)21(28)31)11-26(17)18(29)12-32-16-7-2-1-3-8-16/h1-9,15,17,30H,10-12H2/t15?,17-/m1/s1. The van der Waals surface area contributed by atoms with E-state index >= 15 is 0 Å². The molecule has 3 aromatic rings. The molecule has 10 heteroatoms. The fourth-order valence-electron chi connectivity index (χ4n) is 4.52. The van der Waals surface area contributed by atoms with Crippen molar-refractivity contribution in [2.75, 3.05) is 12.3 Å². The lowest BCUT2D eigenvalue weighted by Gasteiger charge is -2.27. The molecular weight excluding hydrogens is 443 g/mol. The first-order valence-corrected chi connectivity index (χ1v) is 11.0. The minimum Gasteiger partial charge on any atom is -0.493 e. The largest absolute Gasteiger partial charge is 0.493 e. The van der Waals surface area contributed by atoms with Crippen LogP contribution in [-0.4, -0.2) is 37.3 Å². The van der Waals surface area contributed by atoms with Gasteiger partial charge in [0.05, 0.1) is 29.1 Å². The van der Waals surface area contributed by atoms with Crippen molar-refractivity contribution >= 4 is 17.7 Å². The summed E-state index contributed by atoms with van der Waals surface area (Å²) in [7, 11) is 0. The van der Waals surface area contributed by atoms with E-state index in [2.05, 4.69) is 0 Å². The lowest BCUT2D eigenvalue weighted by atomic mass is 10.1. The first kappa shape index (κ1) is 20.7. The Hall–Kier alpha value is -3.14. The fraction of sp³-hybridized carbons (Fsp3) is 0.273. The third-order valence-electron chi connectivity index (χ3n) is 5.92. The second kappa shape index (κ2) is 7.47. The Morgan fingerprint density at radius 1 is 1.12 bits per heavy atom. The first-order chi connectivity index (χ1) is 15.3. The molecular formula is C22H18F3N3O3S. The molecule has 1 saturated heterocycles. The Morgan fingerprint density at radius 3 is 2.59 bits per heavy atom. The summed E-state index contributed by atoms with van der Waals surface area (Å²) in [6.07, 6.45) is -4.07. The quantitative estimate of drug-likeness (QED) is 0.597. The van der Waals surface area contributed by atoms with Crippen LogP contribution in [0.5, 0.6) is 5.88 Å². The van der Waals surface area contributed by atoms with E-state index in [-0.39, 0.29) is 29.1 Å². The van der Waals surface area contributed by atoms with E-state index in [0.29, 0.717) is 13.0 Å². The third kappa shape index (κ3) is 3.29. The summed E-state index contributed by atoms with van der Waals surface area (Å²) in [5.41, 5.74) is -1.30. The molecule has 1 fully saturated rings. The maximum Gasteiger partial charge on any atom is 0.416 e. The average Bonchev–Trinajstić information content (AvgIpc) is 3.43. The number of aromatic hydroxyl groups is 1. The van der Waals surface area contributed by atoms with Crippen LogP contribution >= 0.6 is 11.8 Å². The Kier molecular flexibility index (Phi) is 4.85. The number of nitrogens with zero attached hydrogens (tertiary/aromatic N) is 3. The van der Waals surface area contributed by atoms with Crippen LogP contribution in [0.15, 0.2) is 64.3 Å². The van der Waals surface area contributed by atoms with Crippen LogP contribution in [0.2, 0.25) is 0 Å². The van der Waals surface area contributed by atoms with Crippen LogP contribution in [0.3, 0.4) is 0 Å². The zero-order valence-electron chi connectivity index (χ0n) is 16.6. The van der Waals surface area contributed by atoms with Gasteiger partial charge in [-0.05, 0) is 36.8 Å². The zero-order chi connectivity index (χ0) is 22.6. The highest BCUT2D eigenvalue weighted by atomic mass is 32.2. The predicted molar refractivity (Wildman–Crippen MR) is 112 cm³/mol. The number of fused-ring (bicyclic) bond motifs is 5. The van der Waals surface area contributed by atoms with Crippen molar-refractivity contribution in [3.63, 3.8) is 0 Å². The number of hydrogen-bond donors (Lipinski definition) is 1. The van der Waals surface area contributed by atoms with Gasteiger partial charge in [0.1, 0.15) is 5.69 Å². The maximum atomic E-state index is 13.1. The van der Waals surface area contributed by atoms with Crippen LogP contribution in [0, 0.1) is 0 Å². The lowest BCUT2D eigenvalue weighted by Crippen LogP contribution is -2.38. The van der Waals surface area contributed by atoms with E-state index in [1.807, 2.05) is 30.3 Å². The Labute approximate surface area is 184 Å². The fourth-order valence-corrected chi connectivity index (χ4v) is 5.33. The molecule has 166 valence electrons. The molecule has 1 aromatic heterocycles. The van der Waals surface area contributed by atoms with E-state index in [9.17, 15) is 27.9 Å². The van der Waals surface area contributed by atoms with Crippen molar-refractivity contribution in [3.8, 4) is 11.6 Å². The highest BCUT2D eigenvalue weighted by Gasteiger charge is 2.49. The first-order valence-electron chi connectivity index (χ1n) is 9.96. The number of hydrogen-bond acceptors (Lipinski definition) is 4. The molecule has 32 heavy (non-hydrogen) atoms. The van der Waals surface area contributed by atoms with Gasteiger partial charge in [0.2, 0.25) is 11.8 Å². The minimum absolute atomic E-state index is 0.0684. The molecule has 2 aliphatic heterocycles. The van der Waals surface area contributed by atoms with Gasteiger partial charge in [0.25, 0.3) is 0 Å². The van der Waals surface area contributed by atoms with E-state index < -0.39 is 29.4 Å². The second-order valence-electron chi connectivity index (χ2n) is 7.80. The average molecular weight is 461 g/mol. The van der Waals surface area contributed by atoms with Crippen LogP contribution in [0.25, 0.3) is 5.69 Å². The summed E-state index contributed by atoms with van der Waals surface area (Å²) in [6.45, 7) is 0.331. The van der Waals surface area contributed by atoms with Crippen molar-refractivity contribution in [1.82, 2.24) is 14.0 Å². The number of rotatable bonds is 4. The molecule has 3 heterocycles. The zero-order valence-corrected chi connectivity index (χ0v) is 17.4. The maximum absolute atomic E-state index is 13.1. The number of amides is 1. The lowest BCUT2D eigenvalue weighted by molar-refractivity contribution is -0.137. The molecule has 0 saturated carbocycles. The number of imidazole rings is 1. The van der Waals surface area contributed by atoms with Crippen molar-refractivity contribution in [2.24, 2.45) is 0 Å². The van der Waals surface area contributed by atoms with Gasteiger partial charge in [0.15, 0.2) is 0 Å². The molecule has 2 aromatic carbocycles. The van der Waals surface area contributed by atoms with E-state index in [0.717, 1.165) is 21.6 Å². The van der Waals surface area contributed by atoms with Gasteiger partial charge < -0.3 is 10.0 Å². The third-order valence-corrected chi connectivity index (χ3v) is 6.91. The highest BCUT2D eigenvalue weighted by molar-refractivity contribution is 8.00. The number of thioether (sulfide) groups is 1. The summed E-state index contributed by atoms with van der Waals surface area (Å²) in [5.74, 6) is -0.321. The molecule has 1 N–H and O–H groups in total. The predicted octanol–water partition coefficient (Wildman–Crippen LogP) is 3.98. The van der Waals surface area contributed by atoms with Crippen molar-refractivity contribution in [3.05, 3.63) is 76.3 Å². The number of likely N-dealkylation sites (tertiary alicyclic amines) is 1. The molecule has 0 spiro atoms. The van der Waals surface area contributed by atoms with Gasteiger partial charge in [-0.1, -0.05) is 24.3 Å². The van der Waals surface area contributed by atoms with E-state index in [1.54, 1.807) is 4.90 Å². The van der Waals surface area contributed by atoms with Crippen LogP contribution in [0.1, 0.15) is 29.8 Å². The number of carbonyl (C=O) groups excluding carboxylic acids is 1. The molecule has 2 aliphatic rings. The van der Waals surface area contributed by atoms with Gasteiger partial charge in [-0.25, -0.2) is 9.36 Å². The summed E-state index contributed by atoms with van der Waals surface area (Å²) in [4.78, 5) is 28.5. The second-order valence-corrected chi connectivity index (χ2v) is 8.85. The molecule has 6 nitrogen and oxygen atoms in total. The van der Waals surface area contributed by atoms with Gasteiger partial charge in [-0.2, -0.15) is 13.2 Å². The smallest absolute Gasteiger partial charge is 0.416 e. The summed E-state index contributed by atoms with van der Waals surface area (Å²) >= 11 is 1.40. The summed E-state index contributed by atoms with van der Waals surface area (Å²) in [5, 5.41) is 10.8. The van der Waals surface area contributed by atoms with Crippen LogP contribution < -0.4 is 5.69 Å². The van der Waals surface area contributed by atoms with Gasteiger partial charge >= 0.3 is 11.9 Å².